The number of nitrogens with two attached hydrogens (primary N) is 1. The highest BCUT2D eigenvalue weighted by Gasteiger charge is 2.16. The number of anilines is 2. The van der Waals surface area contributed by atoms with E-state index in [-0.39, 0.29) is 30.3 Å². The molecule has 0 amide bonds. The van der Waals surface area contributed by atoms with Crippen molar-refractivity contribution >= 4 is 28.9 Å². The molecular formula is C13H17ClF2N2O3. The molecule has 0 saturated carbocycles. The molecule has 1 rings (SSSR count). The highest BCUT2D eigenvalue weighted by Crippen LogP contribution is 2.29. The van der Waals surface area contributed by atoms with Crippen molar-refractivity contribution in [3.05, 3.63) is 22.7 Å². The summed E-state index contributed by atoms with van der Waals surface area (Å²) in [4.78, 5) is 11.8. The molecule has 0 fully saturated rings. The van der Waals surface area contributed by atoms with E-state index in [0.717, 1.165) is 0 Å². The molecule has 8 heteroatoms. The van der Waals surface area contributed by atoms with E-state index >= 15 is 0 Å². The predicted molar refractivity (Wildman–Crippen MR) is 77.1 cm³/mol. The van der Waals surface area contributed by atoms with Crippen molar-refractivity contribution in [3.63, 3.8) is 0 Å². The molecule has 0 aromatic heterocycles. The van der Waals surface area contributed by atoms with Crippen molar-refractivity contribution in [2.24, 2.45) is 0 Å². The number of alkyl halides is 2. The van der Waals surface area contributed by atoms with Gasteiger partial charge in [-0.05, 0) is 19.1 Å². The number of benzene rings is 1. The summed E-state index contributed by atoms with van der Waals surface area (Å²) in [6.45, 7) is 1.51. The zero-order valence-corrected chi connectivity index (χ0v) is 12.3. The Morgan fingerprint density at radius 1 is 1.48 bits per heavy atom. The number of nitrogen functional groups attached to an aromatic ring is 1. The Morgan fingerprint density at radius 3 is 2.81 bits per heavy atom. The molecule has 0 bridgehead atoms. The van der Waals surface area contributed by atoms with Crippen LogP contribution in [0.2, 0.25) is 5.02 Å². The van der Waals surface area contributed by atoms with Gasteiger partial charge in [0.2, 0.25) is 0 Å². The summed E-state index contributed by atoms with van der Waals surface area (Å²) < 4.78 is 33.5. The minimum atomic E-state index is -2.51. The van der Waals surface area contributed by atoms with E-state index in [1.807, 2.05) is 0 Å². The van der Waals surface area contributed by atoms with Crippen LogP contribution < -0.4 is 11.1 Å². The smallest absolute Gasteiger partial charge is 0.340 e. The van der Waals surface area contributed by atoms with Gasteiger partial charge in [-0.1, -0.05) is 11.6 Å². The summed E-state index contributed by atoms with van der Waals surface area (Å²) in [5.74, 6) is -0.567. The van der Waals surface area contributed by atoms with Crippen LogP contribution in [-0.2, 0) is 9.47 Å². The van der Waals surface area contributed by atoms with E-state index in [1.165, 1.54) is 12.1 Å². The van der Waals surface area contributed by atoms with Gasteiger partial charge in [-0.3, -0.25) is 0 Å². The first-order valence-electron chi connectivity index (χ1n) is 6.31. The second kappa shape index (κ2) is 8.63. The first kappa shape index (κ1) is 17.5. The first-order chi connectivity index (χ1) is 9.95. The SMILES string of the molecule is CCOC(=O)c1cc(N)cc(Cl)c1NCCOCC(F)F. The number of halogens is 3. The highest BCUT2D eigenvalue weighted by atomic mass is 35.5. The fourth-order valence-electron chi connectivity index (χ4n) is 1.60. The van der Waals surface area contributed by atoms with E-state index in [2.05, 4.69) is 5.32 Å². The number of ether oxygens (including phenoxy) is 2. The van der Waals surface area contributed by atoms with E-state index < -0.39 is 19.0 Å². The van der Waals surface area contributed by atoms with Gasteiger partial charge in [-0.15, -0.1) is 0 Å². The molecule has 0 spiro atoms. The lowest BCUT2D eigenvalue weighted by Gasteiger charge is -2.14. The van der Waals surface area contributed by atoms with E-state index in [0.29, 0.717) is 11.4 Å². The summed E-state index contributed by atoms with van der Waals surface area (Å²) in [6.07, 6.45) is -2.51. The van der Waals surface area contributed by atoms with Gasteiger partial charge in [0.05, 0.1) is 29.5 Å². The number of hydrogen-bond donors (Lipinski definition) is 2. The van der Waals surface area contributed by atoms with Crippen LogP contribution in [0.25, 0.3) is 0 Å². The molecule has 0 radical (unpaired) electrons. The van der Waals surface area contributed by atoms with Gasteiger partial charge in [0.15, 0.2) is 0 Å². The minimum absolute atomic E-state index is 0.0489. The van der Waals surface area contributed by atoms with Crippen LogP contribution in [0.3, 0.4) is 0 Å². The van der Waals surface area contributed by atoms with Gasteiger partial charge in [0.1, 0.15) is 6.61 Å². The maximum atomic E-state index is 11.9. The van der Waals surface area contributed by atoms with Gasteiger partial charge < -0.3 is 20.5 Å². The minimum Gasteiger partial charge on any atom is -0.462 e. The molecule has 0 aliphatic heterocycles. The fourth-order valence-corrected chi connectivity index (χ4v) is 1.89. The molecule has 1 aromatic rings. The van der Waals surface area contributed by atoms with Crippen molar-refractivity contribution in [1.82, 2.24) is 0 Å². The standard InChI is InChI=1S/C13H17ClF2N2O3/c1-2-21-13(19)9-5-8(17)6-10(14)12(9)18-3-4-20-7-11(15)16/h5-6,11,18H,2-4,7,17H2,1H3. The largest absolute Gasteiger partial charge is 0.462 e. The van der Waals surface area contributed by atoms with Gasteiger partial charge in [0.25, 0.3) is 6.43 Å². The lowest BCUT2D eigenvalue weighted by Crippen LogP contribution is -2.16. The molecule has 21 heavy (non-hydrogen) atoms. The van der Waals surface area contributed by atoms with E-state index in [4.69, 9.17) is 26.8 Å². The van der Waals surface area contributed by atoms with Crippen molar-refractivity contribution in [3.8, 4) is 0 Å². The lowest BCUT2D eigenvalue weighted by atomic mass is 10.1. The summed E-state index contributed by atoms with van der Waals surface area (Å²) in [5, 5.41) is 3.11. The van der Waals surface area contributed by atoms with Crippen molar-refractivity contribution in [1.29, 1.82) is 0 Å². The molecule has 118 valence electrons. The lowest BCUT2D eigenvalue weighted by molar-refractivity contribution is 0.0215. The predicted octanol–water partition coefficient (Wildman–Crippen LogP) is 2.79. The number of nitrogens with one attached hydrogen (secondary N) is 1. The van der Waals surface area contributed by atoms with E-state index in [1.54, 1.807) is 6.92 Å². The second-order valence-corrected chi connectivity index (χ2v) is 4.45. The summed E-state index contributed by atoms with van der Waals surface area (Å²) in [7, 11) is 0. The van der Waals surface area contributed by atoms with Crippen LogP contribution in [0.5, 0.6) is 0 Å². The average molecular weight is 323 g/mol. The molecule has 0 unspecified atom stereocenters. The van der Waals surface area contributed by atoms with Gasteiger partial charge in [-0.25, -0.2) is 13.6 Å². The third-order valence-corrected chi connectivity index (χ3v) is 2.70. The Balaban J connectivity index is 2.73. The molecule has 3 N–H and O–H groups in total. The topological polar surface area (TPSA) is 73.6 Å². The van der Waals surface area contributed by atoms with E-state index in [9.17, 15) is 13.6 Å². The van der Waals surface area contributed by atoms with Gasteiger partial charge >= 0.3 is 5.97 Å². The van der Waals surface area contributed by atoms with Crippen LogP contribution >= 0.6 is 11.6 Å². The van der Waals surface area contributed by atoms with Crippen LogP contribution in [0, 0.1) is 0 Å². The van der Waals surface area contributed by atoms with Gasteiger partial charge in [0, 0.05) is 12.2 Å². The van der Waals surface area contributed by atoms with Crippen LogP contribution in [0.1, 0.15) is 17.3 Å². The fraction of sp³-hybridized carbons (Fsp3) is 0.462. The van der Waals surface area contributed by atoms with Crippen LogP contribution in [-0.4, -0.2) is 38.8 Å². The van der Waals surface area contributed by atoms with Crippen LogP contribution in [0.15, 0.2) is 12.1 Å². The molecule has 5 nitrogen and oxygen atoms in total. The highest BCUT2D eigenvalue weighted by molar-refractivity contribution is 6.34. The maximum Gasteiger partial charge on any atom is 0.340 e. The Bertz CT molecular complexity index is 487. The van der Waals surface area contributed by atoms with Gasteiger partial charge in [-0.2, -0.15) is 0 Å². The molecule has 0 atom stereocenters. The zero-order chi connectivity index (χ0) is 15.8. The van der Waals surface area contributed by atoms with Crippen molar-refractivity contribution in [2.75, 3.05) is 37.4 Å². The second-order valence-electron chi connectivity index (χ2n) is 4.04. The molecule has 1 aromatic carbocycles. The summed E-state index contributed by atoms with van der Waals surface area (Å²) in [5.41, 5.74) is 6.49. The van der Waals surface area contributed by atoms with Crippen molar-refractivity contribution in [2.45, 2.75) is 13.3 Å². The van der Waals surface area contributed by atoms with Crippen molar-refractivity contribution < 1.29 is 23.0 Å². The number of hydrogen-bond acceptors (Lipinski definition) is 5. The Morgan fingerprint density at radius 2 is 2.19 bits per heavy atom. The molecule has 0 aliphatic rings. The molecule has 0 saturated heterocycles. The number of esters is 1. The zero-order valence-electron chi connectivity index (χ0n) is 11.5. The Hall–Kier alpha value is -1.60. The quantitative estimate of drug-likeness (QED) is 0.437. The monoisotopic (exact) mass is 322 g/mol. The third-order valence-electron chi connectivity index (χ3n) is 2.40. The molecular weight excluding hydrogens is 306 g/mol. The molecule has 0 heterocycles. The number of rotatable bonds is 8. The maximum absolute atomic E-state index is 11.9. The number of carbonyl (C=O) groups is 1. The average Bonchev–Trinajstić information content (AvgIpc) is 2.39. The summed E-state index contributed by atoms with van der Waals surface area (Å²) in [6, 6.07) is 2.92. The normalized spacial score (nSPS) is 10.7. The Labute approximate surface area is 126 Å². The molecule has 0 aliphatic carbocycles. The Kier molecular flexibility index (Phi) is 7.18. The first-order valence-corrected chi connectivity index (χ1v) is 6.69. The number of carbonyl (C=O) groups excluding carboxylic acids is 1. The third kappa shape index (κ3) is 5.73. The summed E-state index contributed by atoms with van der Waals surface area (Å²) >= 11 is 6.03. The van der Waals surface area contributed by atoms with Crippen LogP contribution in [0.4, 0.5) is 20.2 Å².